The summed E-state index contributed by atoms with van der Waals surface area (Å²) in [6, 6.07) is 4.34. The van der Waals surface area contributed by atoms with Crippen LogP contribution in [0.1, 0.15) is 58.8 Å². The third kappa shape index (κ3) is 4.33. The van der Waals surface area contributed by atoms with Gasteiger partial charge in [0.2, 0.25) is 10.0 Å². The van der Waals surface area contributed by atoms with Crippen molar-refractivity contribution in [2.24, 2.45) is 23.2 Å². The molecule has 4 aliphatic carbocycles. The molecule has 1 heterocycles. The van der Waals surface area contributed by atoms with Gasteiger partial charge in [-0.1, -0.05) is 11.6 Å². The zero-order chi connectivity index (χ0) is 25.2. The Morgan fingerprint density at radius 3 is 2.37 bits per heavy atom. The van der Waals surface area contributed by atoms with E-state index in [1.54, 1.807) is 19.9 Å². The number of rotatable bonds is 7. The lowest BCUT2D eigenvalue weighted by molar-refractivity contribution is -0.168. The summed E-state index contributed by atoms with van der Waals surface area (Å²) in [5, 5.41) is 13.3. The van der Waals surface area contributed by atoms with E-state index in [0.717, 1.165) is 32.1 Å². The first kappa shape index (κ1) is 24.8. The number of aliphatic carboxylic acids is 1. The largest absolute Gasteiger partial charge is 0.481 e. The van der Waals surface area contributed by atoms with Crippen LogP contribution >= 0.6 is 11.6 Å². The molecule has 4 saturated carbocycles. The number of nitrogens with one attached hydrogen (secondary N) is 1. The molecular weight excluding hydrogens is 492 g/mol. The summed E-state index contributed by atoms with van der Waals surface area (Å²) in [5.41, 5.74) is -1.99. The van der Waals surface area contributed by atoms with Crippen molar-refractivity contribution in [3.8, 4) is 5.75 Å². The van der Waals surface area contributed by atoms with Gasteiger partial charge in [0.25, 0.3) is 5.91 Å². The molecule has 1 aromatic rings. The Morgan fingerprint density at radius 2 is 1.77 bits per heavy atom. The van der Waals surface area contributed by atoms with Gasteiger partial charge in [-0.3, -0.25) is 9.59 Å². The lowest BCUT2D eigenvalue weighted by atomic mass is 9.48. The van der Waals surface area contributed by atoms with Crippen molar-refractivity contribution in [1.29, 1.82) is 0 Å². The third-order valence-corrected chi connectivity index (χ3v) is 10.7. The summed E-state index contributed by atoms with van der Waals surface area (Å²) in [5.74, 6) is -0.263. The van der Waals surface area contributed by atoms with E-state index in [1.807, 2.05) is 0 Å². The molecule has 1 amide bonds. The minimum absolute atomic E-state index is 0.0363. The molecule has 0 aromatic heterocycles. The fraction of sp³-hybridized carbons (Fsp3) is 0.680. The number of benzene rings is 1. The minimum Gasteiger partial charge on any atom is -0.481 e. The quantitative estimate of drug-likeness (QED) is 0.562. The number of ether oxygens (including phenoxy) is 1. The summed E-state index contributed by atoms with van der Waals surface area (Å²) in [4.78, 5) is 25.4. The number of carbonyl (C=O) groups excluding carboxylic acids is 1. The Balaban J connectivity index is 1.34. The molecule has 2 unspecified atom stereocenters. The molecule has 1 aliphatic heterocycles. The highest BCUT2D eigenvalue weighted by Crippen LogP contribution is 2.60. The SMILES string of the molecule is CC(C)(Oc1ccc(Cl)cc1S(=O)(=O)N1CCCC1)C(=O)NC1C2CC3CC1CC(C(=O)O)(C3)C2. The molecule has 5 aliphatic rings. The molecule has 192 valence electrons. The van der Waals surface area contributed by atoms with E-state index < -0.39 is 27.0 Å². The summed E-state index contributed by atoms with van der Waals surface area (Å²) in [6.45, 7) is 4.14. The van der Waals surface area contributed by atoms with Crippen LogP contribution in [0.4, 0.5) is 0 Å². The first-order valence-electron chi connectivity index (χ1n) is 12.4. The van der Waals surface area contributed by atoms with E-state index in [4.69, 9.17) is 16.3 Å². The van der Waals surface area contributed by atoms with E-state index in [0.29, 0.717) is 31.8 Å². The van der Waals surface area contributed by atoms with Crippen LogP contribution < -0.4 is 10.1 Å². The standard InChI is InChI=1S/C25H33ClN2O6S/c1-24(2,34-19-6-5-18(26)11-20(19)35(32,33)28-7-3-4-8-28)22(29)27-21-16-9-15-10-17(21)14-25(12-15,13-16)23(30)31/h5-6,11,15-17,21H,3-4,7-10,12-14H2,1-2H3,(H,27,29)(H,30,31). The number of hydrogen-bond acceptors (Lipinski definition) is 5. The van der Waals surface area contributed by atoms with Crippen molar-refractivity contribution in [3.05, 3.63) is 23.2 Å². The van der Waals surface area contributed by atoms with Crippen molar-refractivity contribution in [2.45, 2.75) is 75.3 Å². The molecule has 0 spiro atoms. The van der Waals surface area contributed by atoms with Gasteiger partial charge in [0.05, 0.1) is 5.41 Å². The Bertz CT molecular complexity index is 1130. The van der Waals surface area contributed by atoms with Crippen LogP contribution in [0, 0.1) is 23.2 Å². The molecule has 1 saturated heterocycles. The highest BCUT2D eigenvalue weighted by Gasteiger charge is 2.59. The lowest BCUT2D eigenvalue weighted by Crippen LogP contribution is -2.63. The smallest absolute Gasteiger partial charge is 0.309 e. The fourth-order valence-corrected chi connectivity index (χ4v) is 8.90. The van der Waals surface area contributed by atoms with Gasteiger partial charge < -0.3 is 15.2 Å². The zero-order valence-corrected chi connectivity index (χ0v) is 21.7. The number of halogens is 1. The van der Waals surface area contributed by atoms with Gasteiger partial charge in [-0.2, -0.15) is 4.31 Å². The Kier molecular flexibility index (Phi) is 6.12. The molecule has 1 aromatic carbocycles. The van der Waals surface area contributed by atoms with Gasteiger partial charge in [0.1, 0.15) is 10.6 Å². The van der Waals surface area contributed by atoms with E-state index >= 15 is 0 Å². The van der Waals surface area contributed by atoms with Gasteiger partial charge in [0, 0.05) is 24.2 Å². The van der Waals surface area contributed by atoms with E-state index in [1.165, 1.54) is 16.4 Å². The molecule has 2 atom stereocenters. The van der Waals surface area contributed by atoms with Gasteiger partial charge in [-0.25, -0.2) is 8.42 Å². The molecule has 6 rings (SSSR count). The molecule has 8 nitrogen and oxygen atoms in total. The second kappa shape index (κ2) is 8.63. The Labute approximate surface area is 211 Å². The number of carboxylic acid groups (broad SMARTS) is 1. The van der Waals surface area contributed by atoms with E-state index in [2.05, 4.69) is 5.32 Å². The van der Waals surface area contributed by atoms with Crippen molar-refractivity contribution >= 4 is 33.5 Å². The normalized spacial score (nSPS) is 32.5. The van der Waals surface area contributed by atoms with Crippen LogP contribution in [0.2, 0.25) is 5.02 Å². The number of carbonyl (C=O) groups is 2. The minimum atomic E-state index is -3.81. The van der Waals surface area contributed by atoms with Crippen LogP contribution in [0.25, 0.3) is 0 Å². The van der Waals surface area contributed by atoms with E-state index in [9.17, 15) is 23.1 Å². The number of carboxylic acids is 1. The predicted octanol–water partition coefficient (Wildman–Crippen LogP) is 3.68. The maximum absolute atomic E-state index is 13.4. The molecular formula is C25H33ClN2O6S. The topological polar surface area (TPSA) is 113 Å². The highest BCUT2D eigenvalue weighted by atomic mass is 35.5. The molecule has 0 radical (unpaired) electrons. The summed E-state index contributed by atoms with van der Waals surface area (Å²) in [6.07, 6.45) is 5.42. The van der Waals surface area contributed by atoms with Gasteiger partial charge in [-0.15, -0.1) is 0 Å². The van der Waals surface area contributed by atoms with Crippen LogP contribution in [0.15, 0.2) is 23.1 Å². The van der Waals surface area contributed by atoms with Crippen molar-refractivity contribution in [2.75, 3.05) is 13.1 Å². The van der Waals surface area contributed by atoms with Crippen LogP contribution in [-0.4, -0.2) is 54.4 Å². The molecule has 10 heteroatoms. The van der Waals surface area contributed by atoms with Gasteiger partial charge in [-0.05, 0) is 94.7 Å². The van der Waals surface area contributed by atoms with Crippen LogP contribution in [-0.2, 0) is 19.6 Å². The number of sulfonamides is 1. The average Bonchev–Trinajstić information content (AvgIpc) is 3.32. The third-order valence-electron chi connectivity index (χ3n) is 8.53. The van der Waals surface area contributed by atoms with E-state index in [-0.39, 0.29) is 39.5 Å². The maximum Gasteiger partial charge on any atom is 0.309 e. The molecule has 5 fully saturated rings. The fourth-order valence-electron chi connectivity index (χ4n) is 7.00. The average molecular weight is 525 g/mol. The Hall–Kier alpha value is -1.84. The second-order valence-electron chi connectivity index (χ2n) is 11.4. The monoisotopic (exact) mass is 524 g/mol. The van der Waals surface area contributed by atoms with Gasteiger partial charge in [0.15, 0.2) is 5.60 Å². The first-order valence-corrected chi connectivity index (χ1v) is 14.3. The Morgan fingerprint density at radius 1 is 1.14 bits per heavy atom. The maximum atomic E-state index is 13.4. The lowest BCUT2D eigenvalue weighted by Gasteiger charge is -2.58. The highest BCUT2D eigenvalue weighted by molar-refractivity contribution is 7.89. The van der Waals surface area contributed by atoms with Gasteiger partial charge >= 0.3 is 5.97 Å². The summed E-state index contributed by atoms with van der Waals surface area (Å²) in [7, 11) is -3.81. The first-order chi connectivity index (χ1) is 16.4. The summed E-state index contributed by atoms with van der Waals surface area (Å²) >= 11 is 6.14. The van der Waals surface area contributed by atoms with Crippen molar-refractivity contribution in [3.63, 3.8) is 0 Å². The molecule has 2 N–H and O–H groups in total. The predicted molar refractivity (Wildman–Crippen MR) is 130 cm³/mol. The van der Waals surface area contributed by atoms with Crippen LogP contribution in [0.5, 0.6) is 5.75 Å². The summed E-state index contributed by atoms with van der Waals surface area (Å²) < 4.78 is 34.0. The number of amides is 1. The van der Waals surface area contributed by atoms with Crippen molar-refractivity contribution < 1.29 is 27.9 Å². The molecule has 4 bridgehead atoms. The second-order valence-corrected chi connectivity index (χ2v) is 13.7. The van der Waals surface area contributed by atoms with Crippen molar-refractivity contribution in [1.82, 2.24) is 9.62 Å². The number of hydrogen-bond donors (Lipinski definition) is 2. The number of nitrogens with zero attached hydrogens (tertiary/aromatic N) is 1. The van der Waals surface area contributed by atoms with Crippen LogP contribution in [0.3, 0.4) is 0 Å². The molecule has 35 heavy (non-hydrogen) atoms. The zero-order valence-electron chi connectivity index (χ0n) is 20.1.